The van der Waals surface area contributed by atoms with Gasteiger partial charge in [0, 0.05) is 0 Å². The van der Waals surface area contributed by atoms with Crippen molar-refractivity contribution in [3.63, 3.8) is 0 Å². The highest BCUT2D eigenvalue weighted by molar-refractivity contribution is 5.83. The summed E-state index contributed by atoms with van der Waals surface area (Å²) < 4.78 is 86.9. The van der Waals surface area contributed by atoms with Crippen LogP contribution in [-0.4, -0.2) is 442 Å². The number of aliphatic carboxylic acids is 5. The number of hydrogen-bond donors (Lipinski definition) is 25. The number of esters is 5. The molecule has 0 amide bonds. The van der Waals surface area contributed by atoms with Crippen LogP contribution < -0.4 is 0 Å². The smallest absolute Gasteiger partial charge is 0.335 e. The topological polar surface area (TPSA) is 824 Å². The molecule has 0 radical (unpaired) electrons. The van der Waals surface area contributed by atoms with E-state index < -0.39 is 346 Å². The van der Waals surface area contributed by atoms with E-state index in [1.54, 1.807) is 0 Å². The first-order chi connectivity index (χ1) is 50.1. The lowest BCUT2D eigenvalue weighted by Gasteiger charge is -2.50. The van der Waals surface area contributed by atoms with Gasteiger partial charge in [0.2, 0.25) is 0 Å². The van der Waals surface area contributed by atoms with E-state index in [-0.39, 0.29) is 0 Å². The van der Waals surface area contributed by atoms with Gasteiger partial charge >= 0.3 is 59.7 Å². The molecule has 0 bridgehead atoms. The molecule has 107 heavy (non-hydrogen) atoms. The normalized spacial score (nSPS) is 38.8. The van der Waals surface area contributed by atoms with E-state index in [9.17, 15) is 165 Å². The molecule has 35 atom stereocenters. The Hall–Kier alpha value is -6.54. The summed E-state index contributed by atoms with van der Waals surface area (Å²) in [6, 6.07) is 0. The third kappa shape index (κ3) is 23.5. The van der Waals surface area contributed by atoms with E-state index in [1.807, 2.05) is 0 Å². The Morgan fingerprint density at radius 2 is 0.439 bits per heavy atom. The second kappa shape index (κ2) is 39.9. The monoisotopic (exact) mass is 1570 g/mol. The fourth-order valence-corrected chi connectivity index (χ4v) is 11.0. The number of carbonyl (C=O) groups excluding carboxylic acids is 5. The zero-order chi connectivity index (χ0) is 80.1. The third-order valence-corrected chi connectivity index (χ3v) is 16.7. The number of rotatable bonds is 36. The first-order valence-corrected chi connectivity index (χ1v) is 31.7. The van der Waals surface area contributed by atoms with E-state index in [4.69, 9.17) is 86.0 Å². The third-order valence-electron chi connectivity index (χ3n) is 16.7. The summed E-state index contributed by atoms with van der Waals surface area (Å²) in [6.45, 7) is -7.74. The van der Waals surface area contributed by atoms with Crippen LogP contribution in [0.5, 0.6) is 0 Å². The van der Waals surface area contributed by atoms with E-state index >= 15 is 0 Å². The molecular weight excluding hydrogens is 1490 g/mol. The maximum atomic E-state index is 13.0. The van der Waals surface area contributed by atoms with E-state index in [1.165, 1.54) is 0 Å². The minimum atomic E-state index is -2.73. The average molecular weight is 1570 g/mol. The maximum absolute atomic E-state index is 13.0. The molecule has 6 aliphatic heterocycles. The summed E-state index contributed by atoms with van der Waals surface area (Å²) in [5.41, 5.74) is 0. The molecule has 0 aliphatic carbocycles. The van der Waals surface area contributed by atoms with Crippen molar-refractivity contribution in [1.29, 1.82) is 0 Å². The van der Waals surface area contributed by atoms with Gasteiger partial charge in [-0.15, -0.1) is 0 Å². The van der Waals surface area contributed by atoms with Gasteiger partial charge < -0.3 is 203 Å². The molecule has 0 aromatic carbocycles. The lowest BCUT2D eigenvalue weighted by atomic mass is 9.95. The molecule has 612 valence electrons. The van der Waals surface area contributed by atoms with Crippen molar-refractivity contribution in [2.24, 2.45) is 0 Å². The van der Waals surface area contributed by atoms with Crippen LogP contribution >= 0.6 is 0 Å². The van der Waals surface area contributed by atoms with Crippen molar-refractivity contribution in [1.82, 2.24) is 0 Å². The van der Waals surface area contributed by atoms with Gasteiger partial charge in [0.25, 0.3) is 0 Å². The zero-order valence-electron chi connectivity index (χ0n) is 54.8. The number of hydrogen-bond acceptors (Lipinski definition) is 46. The van der Waals surface area contributed by atoms with Crippen LogP contribution in [0.25, 0.3) is 0 Å². The van der Waals surface area contributed by atoms with Crippen molar-refractivity contribution in [3.8, 4) is 0 Å². The Morgan fingerprint density at radius 3 is 0.645 bits per heavy atom. The van der Waals surface area contributed by atoms with Crippen LogP contribution in [0.15, 0.2) is 0 Å². The van der Waals surface area contributed by atoms with Gasteiger partial charge in [0.15, 0.2) is 68.3 Å². The Bertz CT molecular complexity index is 2980. The van der Waals surface area contributed by atoms with Crippen molar-refractivity contribution < 1.29 is 251 Å². The quantitative estimate of drug-likeness (QED) is 0.0205. The molecular formula is C56H82O51. The highest BCUT2D eigenvalue weighted by Crippen LogP contribution is 2.38. The van der Waals surface area contributed by atoms with Crippen LogP contribution in [-0.2, 0) is 124 Å². The van der Waals surface area contributed by atoms with Gasteiger partial charge in [-0.05, 0) is 0 Å². The fourth-order valence-electron chi connectivity index (χ4n) is 11.0. The number of aliphatic hydroxyl groups excluding tert-OH is 20. The van der Waals surface area contributed by atoms with Crippen molar-refractivity contribution >= 4 is 59.7 Å². The van der Waals surface area contributed by atoms with Gasteiger partial charge in [-0.25, -0.2) is 24.0 Å². The highest BCUT2D eigenvalue weighted by Gasteiger charge is 2.59. The summed E-state index contributed by atoms with van der Waals surface area (Å²) in [4.78, 5) is 121. The maximum Gasteiger partial charge on any atom is 0.335 e. The van der Waals surface area contributed by atoms with Gasteiger partial charge in [-0.2, -0.15) is 0 Å². The summed E-state index contributed by atoms with van der Waals surface area (Å²) >= 11 is 0. The minimum Gasteiger partial charge on any atom is -0.481 e. The van der Waals surface area contributed by atoms with Crippen LogP contribution in [0.4, 0.5) is 0 Å². The summed E-state index contributed by atoms with van der Waals surface area (Å²) in [6.07, 6.45) is -90.2. The Labute approximate surface area is 596 Å². The summed E-state index contributed by atoms with van der Waals surface area (Å²) in [7, 11) is 0. The molecule has 6 heterocycles. The largest absolute Gasteiger partial charge is 0.481 e. The van der Waals surface area contributed by atoms with E-state index in [2.05, 4.69) is 0 Å². The fraction of sp³-hybridized carbons (Fsp3) is 0.821. The van der Waals surface area contributed by atoms with Crippen LogP contribution in [0.1, 0.15) is 32.1 Å². The van der Waals surface area contributed by atoms with E-state index in [0.717, 1.165) is 0 Å². The second-order valence-electron chi connectivity index (χ2n) is 24.6. The zero-order valence-corrected chi connectivity index (χ0v) is 54.8. The molecule has 6 rings (SSSR count). The standard InChI is InChI=1S/C56H82O51/c57-6-17-28(73)29(74)36(81)52(98-17)104-42-19(8-93-47(87)13(59)2-24(65)66)100-54(38(83)31(42)76)106-44-21(10-95-49(89)15(61)4-26(69)70)102-56(40(85)33(44)78)107-45-22(11-96-50(90)16(62)5-27(71)72)101-55(39(84)34(45)79)105-43-20(9-94-48(88)14(60)3-25(67)68)99-53(37(82)32(43)77)103-41-18(97-51(91)35(80)30(41)75)7-92-46(86)12(58)1-23(63)64/h12-22,28-45,51-62,73-85,91H,1-11H2,(H,63,64)(H,65,66)(H,67,68)(H,69,70)(H,71,72)/t12-,13-,14-,15-,16-,17+,18+,19+,20+,21+,22+,28+,29-,30+,31+,32+,33+,34+,35+,36+,37+,38+,39+,40+,41+,42+,43+,44+,45+,51?,52+,53+,54+,55+,56+/m0/s1. The number of carbonyl (C=O) groups is 10. The number of aliphatic hydroxyl groups is 20. The van der Waals surface area contributed by atoms with Crippen LogP contribution in [0.2, 0.25) is 0 Å². The first kappa shape index (κ1) is 89.4. The Kier molecular flexibility index (Phi) is 33.3. The van der Waals surface area contributed by atoms with Crippen LogP contribution in [0, 0.1) is 0 Å². The average Bonchev–Trinajstić information content (AvgIpc) is 0.772. The second-order valence-corrected chi connectivity index (χ2v) is 24.6. The molecule has 0 saturated carbocycles. The molecule has 6 saturated heterocycles. The molecule has 0 aromatic rings. The van der Waals surface area contributed by atoms with Crippen LogP contribution in [0.3, 0.4) is 0 Å². The van der Waals surface area contributed by atoms with Crippen molar-refractivity contribution in [2.45, 2.75) is 247 Å². The lowest BCUT2D eigenvalue weighted by molar-refractivity contribution is -0.396. The molecule has 0 aromatic heterocycles. The summed E-state index contributed by atoms with van der Waals surface area (Å²) in [5, 5.41) is 264. The molecule has 6 fully saturated rings. The van der Waals surface area contributed by atoms with Crippen molar-refractivity contribution in [2.75, 3.05) is 39.6 Å². The summed E-state index contributed by atoms with van der Waals surface area (Å²) in [5.74, 6) is -17.4. The predicted molar refractivity (Wildman–Crippen MR) is 310 cm³/mol. The number of ether oxygens (including phenoxy) is 16. The predicted octanol–water partition coefficient (Wildman–Crippen LogP) is -17.2. The van der Waals surface area contributed by atoms with Gasteiger partial charge in [-0.3, -0.25) is 24.0 Å². The SMILES string of the molecule is O=C(O)C[C@H](O)C(=O)OC[C@H]1O[C@H](O[C@H]2[C@H](O)[C@@H](O)[C@@H](O[C@H]3[C@H](O)[C@@H](O)[C@@H](O[C@H]4[C@H](O)[C@@H](O)[C@@H](O[C@H]5[C@H](O)[C@@H](O)C(O)O[C@@H]5COC(=O)[C@@H](O)CC(=O)O)O[C@@H]4COC(=O)[C@@H](O)CC(=O)O)O[C@@H]3COC(=O)[C@@H](O)CC(=O)O)O[C@@H]2COC(=O)[C@@H](O)CC(=O)O)[C@H](O)[C@@H](O)[C@@H]1O[C@H]1O[C@H](CO)[C@@H](O)[C@H](O)[C@H]1O. The number of carboxylic acid groups (broad SMARTS) is 5. The van der Waals surface area contributed by atoms with Gasteiger partial charge in [-0.1, -0.05) is 0 Å². The molecule has 51 heteroatoms. The molecule has 25 N–H and O–H groups in total. The highest BCUT2D eigenvalue weighted by atomic mass is 16.8. The first-order valence-electron chi connectivity index (χ1n) is 31.7. The Morgan fingerprint density at radius 1 is 0.252 bits per heavy atom. The molecule has 51 nitrogen and oxygen atoms in total. The molecule has 1 unspecified atom stereocenters. The number of carboxylic acids is 5. The van der Waals surface area contributed by atoms with Crippen molar-refractivity contribution in [3.05, 3.63) is 0 Å². The van der Waals surface area contributed by atoms with Gasteiger partial charge in [0.1, 0.15) is 180 Å². The lowest BCUT2D eigenvalue weighted by Crippen LogP contribution is -2.68. The van der Waals surface area contributed by atoms with E-state index in [0.29, 0.717) is 0 Å². The minimum absolute atomic E-state index is 1.05. The Balaban J connectivity index is 1.32. The van der Waals surface area contributed by atoms with Gasteiger partial charge in [0.05, 0.1) is 38.7 Å². The molecule has 6 aliphatic rings. The molecule has 0 spiro atoms.